The van der Waals surface area contributed by atoms with Crippen LogP contribution in [-0.2, 0) is 12.6 Å². The second-order valence-corrected chi connectivity index (χ2v) is 8.91. The fourth-order valence-electron chi connectivity index (χ4n) is 4.89. The average Bonchev–Trinajstić information content (AvgIpc) is 3.39. The molecule has 1 aromatic carbocycles. The molecule has 1 saturated carbocycles. The van der Waals surface area contributed by atoms with Gasteiger partial charge in [0.25, 0.3) is 0 Å². The summed E-state index contributed by atoms with van der Waals surface area (Å²) in [5.74, 6) is 3.72. The highest BCUT2D eigenvalue weighted by Crippen LogP contribution is 2.57. The molecule has 2 unspecified atom stereocenters. The maximum absolute atomic E-state index is 12.7. The van der Waals surface area contributed by atoms with Gasteiger partial charge in [-0.3, -0.25) is 0 Å². The molecule has 0 spiro atoms. The topological polar surface area (TPSA) is 111 Å². The number of hydrogen-bond donors (Lipinski definition) is 3. The van der Waals surface area contributed by atoms with Gasteiger partial charge < -0.3 is 15.2 Å². The number of H-pyrrole nitrogens is 2. The summed E-state index contributed by atoms with van der Waals surface area (Å²) in [6.45, 7) is 2.39. The quantitative estimate of drug-likeness (QED) is 0.370. The molecule has 1 saturated heterocycles. The molecule has 2 aliphatic rings. The van der Waals surface area contributed by atoms with E-state index in [1.165, 1.54) is 12.1 Å². The lowest BCUT2D eigenvalue weighted by Gasteiger charge is -2.19. The van der Waals surface area contributed by atoms with E-state index in [0.29, 0.717) is 48.2 Å². The lowest BCUT2D eigenvalue weighted by molar-refractivity contribution is -0.137. The van der Waals surface area contributed by atoms with Crippen molar-refractivity contribution in [2.75, 3.05) is 29.9 Å². The summed E-state index contributed by atoms with van der Waals surface area (Å²) in [6, 6.07) is 6.95. The summed E-state index contributed by atoms with van der Waals surface area (Å²) in [6.07, 6.45) is 1.50. The zero-order valence-electron chi connectivity index (χ0n) is 18.5. The summed E-state index contributed by atoms with van der Waals surface area (Å²) in [5, 5.41) is 14.0. The van der Waals surface area contributed by atoms with E-state index >= 15 is 0 Å². The van der Waals surface area contributed by atoms with Crippen LogP contribution in [0.15, 0.2) is 48.9 Å². The van der Waals surface area contributed by atoms with Gasteiger partial charge in [-0.25, -0.2) is 15.0 Å². The minimum Gasteiger partial charge on any atom is -0.356 e. The van der Waals surface area contributed by atoms with Crippen molar-refractivity contribution in [1.29, 1.82) is 0 Å². The molecule has 12 heteroatoms. The van der Waals surface area contributed by atoms with E-state index in [-0.39, 0.29) is 0 Å². The van der Waals surface area contributed by atoms with E-state index in [1.807, 2.05) is 12.4 Å². The first-order valence-corrected chi connectivity index (χ1v) is 11.3. The van der Waals surface area contributed by atoms with Crippen LogP contribution in [0, 0.1) is 11.8 Å². The van der Waals surface area contributed by atoms with Crippen molar-refractivity contribution in [2.24, 2.45) is 11.8 Å². The second kappa shape index (κ2) is 8.36. The van der Waals surface area contributed by atoms with E-state index in [1.54, 1.807) is 12.3 Å². The predicted octanol–water partition coefficient (Wildman–Crippen LogP) is 3.51. The summed E-state index contributed by atoms with van der Waals surface area (Å²) in [5.41, 5.74) is 1.85. The summed E-state index contributed by atoms with van der Waals surface area (Å²) < 4.78 is 38.1. The molecule has 0 radical (unpaired) electrons. The normalized spacial score (nSPS) is 21.2. The Morgan fingerprint density at radius 3 is 2.54 bits per heavy atom. The van der Waals surface area contributed by atoms with E-state index in [2.05, 4.69) is 45.6 Å². The maximum atomic E-state index is 12.7. The molecule has 180 valence electrons. The van der Waals surface area contributed by atoms with Crippen LogP contribution in [0.25, 0.3) is 11.5 Å². The number of imidazole rings is 1. The van der Waals surface area contributed by atoms with Crippen molar-refractivity contribution >= 4 is 11.8 Å². The van der Waals surface area contributed by atoms with E-state index in [0.717, 1.165) is 42.3 Å². The predicted molar refractivity (Wildman–Crippen MR) is 122 cm³/mol. The number of aromatic nitrogens is 7. The first-order valence-electron chi connectivity index (χ1n) is 11.3. The van der Waals surface area contributed by atoms with Crippen molar-refractivity contribution < 1.29 is 13.2 Å². The lowest BCUT2D eigenvalue weighted by atomic mass is 10.1. The van der Waals surface area contributed by atoms with Gasteiger partial charge >= 0.3 is 6.18 Å². The third kappa shape index (κ3) is 4.31. The number of fused-ring (bicyclic) bond motifs is 1. The molecular weight excluding hydrogens is 459 g/mol. The Kier molecular flexibility index (Phi) is 5.15. The van der Waals surface area contributed by atoms with Crippen molar-refractivity contribution in [1.82, 2.24) is 35.3 Å². The number of halogens is 3. The first kappa shape index (κ1) is 21.6. The molecule has 1 aliphatic carbocycles. The number of anilines is 2. The van der Waals surface area contributed by atoms with Gasteiger partial charge in [0.1, 0.15) is 11.5 Å². The van der Waals surface area contributed by atoms with Gasteiger partial charge in [-0.2, -0.15) is 28.6 Å². The van der Waals surface area contributed by atoms with Crippen molar-refractivity contribution in [3.8, 4) is 11.5 Å². The second-order valence-electron chi connectivity index (χ2n) is 8.91. The molecule has 2 fully saturated rings. The van der Waals surface area contributed by atoms with Crippen LogP contribution in [0.1, 0.15) is 22.7 Å². The van der Waals surface area contributed by atoms with Gasteiger partial charge in [0.2, 0.25) is 5.95 Å². The molecule has 0 bridgehead atoms. The third-order valence-corrected chi connectivity index (χ3v) is 6.75. The Morgan fingerprint density at radius 2 is 1.83 bits per heavy atom. The number of piperidine rings is 1. The molecule has 3 N–H and O–H groups in total. The fourth-order valence-corrected chi connectivity index (χ4v) is 4.89. The molecular formula is C23H22F3N9. The third-order valence-electron chi connectivity index (χ3n) is 6.75. The van der Waals surface area contributed by atoms with Gasteiger partial charge in [-0.1, -0.05) is 12.1 Å². The Labute approximate surface area is 198 Å². The van der Waals surface area contributed by atoms with Gasteiger partial charge in [0.05, 0.1) is 23.7 Å². The fraction of sp³-hybridized carbons (Fsp3) is 0.348. The molecule has 4 heterocycles. The Morgan fingerprint density at radius 1 is 1.03 bits per heavy atom. The molecule has 6 rings (SSSR count). The molecule has 9 nitrogen and oxygen atoms in total. The van der Waals surface area contributed by atoms with Crippen molar-refractivity contribution in [3.63, 3.8) is 0 Å². The number of alkyl halides is 3. The standard InChI is InChI=1S/C23H22F3N9/c24-23(25,26)14-3-1-13(2-4-14)5-7-27-22-28-8-6-17(31-22)21-29-10-19(32-21)35-11-15-16(12-35)20(15)18-9-30-34-33-18/h1-4,6,8-10,15-16,20H,5,7,11-12H2,(H,29,32)(H,27,28,31)(H,30,33,34). The maximum Gasteiger partial charge on any atom is 0.416 e. The molecule has 35 heavy (non-hydrogen) atoms. The van der Waals surface area contributed by atoms with Crippen molar-refractivity contribution in [3.05, 3.63) is 65.7 Å². The number of nitrogens with zero attached hydrogens (tertiary/aromatic N) is 6. The summed E-state index contributed by atoms with van der Waals surface area (Å²) in [4.78, 5) is 18.9. The molecule has 3 aromatic heterocycles. The lowest BCUT2D eigenvalue weighted by Crippen LogP contribution is -2.23. The minimum atomic E-state index is -4.33. The smallest absolute Gasteiger partial charge is 0.356 e. The Balaban J connectivity index is 1.04. The van der Waals surface area contributed by atoms with Gasteiger partial charge in [0.15, 0.2) is 5.82 Å². The molecule has 0 amide bonds. The molecule has 4 aromatic rings. The van der Waals surface area contributed by atoms with Crippen LogP contribution < -0.4 is 10.2 Å². The Bertz CT molecular complexity index is 1290. The minimum absolute atomic E-state index is 0.435. The highest BCUT2D eigenvalue weighted by Gasteiger charge is 2.57. The van der Waals surface area contributed by atoms with Crippen LogP contribution in [0.3, 0.4) is 0 Å². The summed E-state index contributed by atoms with van der Waals surface area (Å²) >= 11 is 0. The average molecular weight is 481 g/mol. The highest BCUT2D eigenvalue weighted by molar-refractivity contribution is 5.56. The number of nitrogens with one attached hydrogen (secondary N) is 3. The molecule has 1 aliphatic heterocycles. The van der Waals surface area contributed by atoms with Crippen LogP contribution in [0.4, 0.5) is 24.9 Å². The number of aromatic amines is 2. The van der Waals surface area contributed by atoms with Gasteiger partial charge in [0, 0.05) is 31.7 Å². The van der Waals surface area contributed by atoms with E-state index in [4.69, 9.17) is 0 Å². The Hall–Kier alpha value is -3.96. The number of rotatable bonds is 7. The van der Waals surface area contributed by atoms with Crippen LogP contribution in [-0.4, -0.2) is 55.0 Å². The highest BCUT2D eigenvalue weighted by atomic mass is 19.4. The van der Waals surface area contributed by atoms with Gasteiger partial charge in [-0.15, -0.1) is 0 Å². The zero-order chi connectivity index (χ0) is 24.0. The number of benzene rings is 1. The van der Waals surface area contributed by atoms with E-state index in [9.17, 15) is 13.2 Å². The largest absolute Gasteiger partial charge is 0.416 e. The molecule has 2 atom stereocenters. The first-order chi connectivity index (χ1) is 17.0. The monoisotopic (exact) mass is 481 g/mol. The van der Waals surface area contributed by atoms with Gasteiger partial charge in [-0.05, 0) is 42.0 Å². The SMILES string of the molecule is FC(F)(F)c1ccc(CCNc2nccc(-c3ncc(N4CC5C(C4)C5c4cn[nH]n4)[nH]3)n2)cc1. The van der Waals surface area contributed by atoms with Crippen LogP contribution in [0.5, 0.6) is 0 Å². The zero-order valence-corrected chi connectivity index (χ0v) is 18.5. The summed E-state index contributed by atoms with van der Waals surface area (Å²) in [7, 11) is 0. The number of hydrogen-bond acceptors (Lipinski definition) is 7. The van der Waals surface area contributed by atoms with E-state index < -0.39 is 11.7 Å². The van der Waals surface area contributed by atoms with Crippen LogP contribution >= 0.6 is 0 Å². The van der Waals surface area contributed by atoms with Crippen molar-refractivity contribution in [2.45, 2.75) is 18.5 Å². The van der Waals surface area contributed by atoms with Crippen LogP contribution in [0.2, 0.25) is 0 Å².